The van der Waals surface area contributed by atoms with E-state index in [4.69, 9.17) is 0 Å². The van der Waals surface area contributed by atoms with Gasteiger partial charge in [0.2, 0.25) is 0 Å². The molecule has 2 nitrogen and oxygen atoms in total. The number of benzene rings is 8. The number of hydrogen-bond donors (Lipinski definition) is 0. The third-order valence-electron chi connectivity index (χ3n) is 16.0. The van der Waals surface area contributed by atoms with Crippen LogP contribution in [0.3, 0.4) is 0 Å². The van der Waals surface area contributed by atoms with E-state index < -0.39 is 0 Å². The van der Waals surface area contributed by atoms with Crippen LogP contribution in [0.4, 0.5) is 17.1 Å². The van der Waals surface area contributed by atoms with Crippen LogP contribution in [0.2, 0.25) is 0 Å². The average molecular weight is 837 g/mol. The van der Waals surface area contributed by atoms with Crippen LogP contribution in [0, 0.1) is 11.3 Å². The zero-order valence-corrected chi connectivity index (χ0v) is 39.0. The van der Waals surface area contributed by atoms with Crippen molar-refractivity contribution >= 4 is 101 Å². The highest BCUT2D eigenvalue weighted by Crippen LogP contribution is 2.58. The Morgan fingerprint density at radius 2 is 1.28 bits per heavy atom. The van der Waals surface area contributed by atoms with Crippen LogP contribution in [0.1, 0.15) is 96.0 Å². The fraction of sp³-hybridized carbons (Fsp3) is 0.226. The minimum Gasteiger partial charge on any atom is -0.375 e. The van der Waals surface area contributed by atoms with E-state index in [2.05, 4.69) is 217 Å². The second-order valence-corrected chi connectivity index (χ2v) is 22.9. The van der Waals surface area contributed by atoms with Gasteiger partial charge < -0.3 is 9.38 Å². The molecule has 5 aliphatic rings. The zero-order chi connectivity index (χ0) is 44.2. The Kier molecular flexibility index (Phi) is 7.09. The summed E-state index contributed by atoms with van der Waals surface area (Å²) in [5.41, 5.74) is 21.8. The number of rotatable bonds is 1. The lowest BCUT2D eigenvalue weighted by Gasteiger charge is -2.47. The number of anilines is 3. The van der Waals surface area contributed by atoms with Crippen molar-refractivity contribution < 1.29 is 0 Å². The minimum atomic E-state index is -0.0715. The van der Waals surface area contributed by atoms with Crippen LogP contribution in [-0.4, -0.2) is 11.3 Å². The third kappa shape index (κ3) is 4.86. The van der Waals surface area contributed by atoms with Crippen molar-refractivity contribution in [3.05, 3.63) is 172 Å². The lowest BCUT2D eigenvalue weighted by molar-refractivity contribution is 0.499. The highest BCUT2D eigenvalue weighted by molar-refractivity contribution is 6.92. The number of allylic oxidation sites excluding steroid dienone is 6. The Balaban J connectivity index is 1.22. The second kappa shape index (κ2) is 12.2. The first-order valence-electron chi connectivity index (χ1n) is 23.9. The number of aromatic nitrogens is 1. The summed E-state index contributed by atoms with van der Waals surface area (Å²) in [6.07, 6.45) is 15.2. The molecule has 1 aromatic heterocycles. The van der Waals surface area contributed by atoms with Gasteiger partial charge in [0, 0.05) is 56.1 Å². The maximum atomic E-state index is 2.76. The first kappa shape index (κ1) is 37.8. The zero-order valence-electron chi connectivity index (χ0n) is 39.0. The summed E-state index contributed by atoms with van der Waals surface area (Å²) >= 11 is 0. The van der Waals surface area contributed by atoms with Gasteiger partial charge in [-0.25, -0.2) is 0 Å². The molecule has 0 amide bonds. The van der Waals surface area contributed by atoms with Crippen LogP contribution in [0.5, 0.6) is 0 Å². The molecule has 9 aromatic rings. The fourth-order valence-electron chi connectivity index (χ4n) is 12.9. The van der Waals surface area contributed by atoms with Crippen molar-refractivity contribution in [1.29, 1.82) is 0 Å². The van der Waals surface area contributed by atoms with Gasteiger partial charge in [0.25, 0.3) is 0 Å². The molecule has 3 aliphatic carbocycles. The molecular formula is C62H53BN2. The van der Waals surface area contributed by atoms with Crippen LogP contribution >= 0.6 is 0 Å². The molecule has 0 saturated carbocycles. The Bertz CT molecular complexity index is 3740. The predicted molar refractivity (Wildman–Crippen MR) is 281 cm³/mol. The number of nitrogens with zero attached hydrogens (tertiary/aromatic N) is 2. The lowest BCUT2D eigenvalue weighted by atomic mass is 9.43. The summed E-state index contributed by atoms with van der Waals surface area (Å²) in [6, 6.07) is 42.8. The maximum Gasteiger partial charge on any atom is 0.333 e. The Labute approximate surface area is 382 Å². The average Bonchev–Trinajstić information content (AvgIpc) is 3.62. The summed E-state index contributed by atoms with van der Waals surface area (Å²) in [4.78, 5) is 2.75. The summed E-state index contributed by atoms with van der Waals surface area (Å²) in [5, 5.41) is 10.6. The normalized spacial score (nSPS) is 18.2. The van der Waals surface area contributed by atoms with E-state index in [1.165, 1.54) is 132 Å². The maximum absolute atomic E-state index is 2.76. The molecule has 65 heavy (non-hydrogen) atoms. The van der Waals surface area contributed by atoms with E-state index in [-0.39, 0.29) is 34.9 Å². The molecule has 0 saturated heterocycles. The van der Waals surface area contributed by atoms with Crippen molar-refractivity contribution in [1.82, 2.24) is 4.48 Å². The van der Waals surface area contributed by atoms with Crippen molar-refractivity contribution in [2.75, 3.05) is 4.90 Å². The molecule has 0 spiro atoms. The molecule has 2 aliphatic heterocycles. The van der Waals surface area contributed by atoms with E-state index in [0.29, 0.717) is 0 Å². The van der Waals surface area contributed by atoms with Gasteiger partial charge in [-0.15, -0.1) is 0 Å². The summed E-state index contributed by atoms with van der Waals surface area (Å²) in [6.45, 7) is 21.3. The quantitative estimate of drug-likeness (QED) is 0.118. The van der Waals surface area contributed by atoms with Gasteiger partial charge in [-0.3, -0.25) is 0 Å². The largest absolute Gasteiger partial charge is 0.375 e. The van der Waals surface area contributed by atoms with Gasteiger partial charge >= 0.3 is 6.85 Å². The van der Waals surface area contributed by atoms with Gasteiger partial charge in [0.1, 0.15) is 0 Å². The molecule has 314 valence electrons. The van der Waals surface area contributed by atoms with Gasteiger partial charge in [0.15, 0.2) is 0 Å². The molecule has 0 radical (unpaired) electrons. The molecule has 8 aromatic carbocycles. The van der Waals surface area contributed by atoms with Gasteiger partial charge in [0.05, 0.1) is 5.69 Å². The van der Waals surface area contributed by atoms with Gasteiger partial charge in [-0.1, -0.05) is 184 Å². The van der Waals surface area contributed by atoms with Crippen LogP contribution in [0.25, 0.3) is 77.4 Å². The van der Waals surface area contributed by atoms with Crippen molar-refractivity contribution in [3.63, 3.8) is 0 Å². The van der Waals surface area contributed by atoms with E-state index in [1.807, 2.05) is 0 Å². The number of para-hydroxylation sites is 2. The molecule has 0 N–H and O–H groups in total. The molecule has 3 heteroatoms. The standard InChI is InChI=1S/C62H53BN2/c1-60(2,3)39-28-36-23-25-45-54-48(27-24-37(29-39)52(36)54)59-57-55(45)47-18-13-17-44-43-16-10-11-19-49(43)65(58(44)47)63(57)56-46-26-22-35-15-12-14-34-20-21-38(53(46)51(34)35)30-50(56)64(59)42-32-40(61(4,5)6)31-41(33-42)62(7,8)9/h10-33,37,52H,1-9H3. The van der Waals surface area contributed by atoms with Gasteiger partial charge in [-0.2, -0.15) is 0 Å². The van der Waals surface area contributed by atoms with Crippen LogP contribution in [-0.2, 0) is 10.8 Å². The first-order chi connectivity index (χ1) is 31.1. The summed E-state index contributed by atoms with van der Waals surface area (Å²) in [7, 11) is 0. The monoisotopic (exact) mass is 836 g/mol. The Hall–Kier alpha value is -6.58. The Morgan fingerprint density at radius 3 is 2.03 bits per heavy atom. The second-order valence-electron chi connectivity index (χ2n) is 22.9. The molecule has 2 unspecified atom stereocenters. The molecule has 2 atom stereocenters. The fourth-order valence-corrected chi connectivity index (χ4v) is 12.9. The molecule has 0 fully saturated rings. The molecule has 0 bridgehead atoms. The SMILES string of the molecule is CC(C)(C)C1=CC2C=Cc3c4c(c5c6c3N(c3cc(C(C)(C)C)cc(C(C)(C)C)c3)c3cc7ccc8cccc9ccc(c3B6n3c6ccccc6c6cccc-5c63)c7c89)C=CC(=C1)C42. The smallest absolute Gasteiger partial charge is 0.333 e. The lowest BCUT2D eigenvalue weighted by Crippen LogP contribution is -2.57. The van der Waals surface area contributed by atoms with E-state index in [1.54, 1.807) is 0 Å². The number of hydrogen-bond acceptors (Lipinski definition) is 1. The van der Waals surface area contributed by atoms with Crippen molar-refractivity contribution in [3.8, 4) is 11.1 Å². The molecular weight excluding hydrogens is 784 g/mol. The number of fused-ring (bicyclic) bond motifs is 10. The minimum absolute atomic E-state index is 0.0560. The van der Waals surface area contributed by atoms with Crippen molar-refractivity contribution in [2.24, 2.45) is 11.3 Å². The first-order valence-corrected chi connectivity index (χ1v) is 23.9. The highest BCUT2D eigenvalue weighted by atomic mass is 15.2. The highest BCUT2D eigenvalue weighted by Gasteiger charge is 2.49. The molecule has 14 rings (SSSR count). The molecule has 3 heterocycles. The Morgan fingerprint density at radius 1 is 0.569 bits per heavy atom. The summed E-state index contributed by atoms with van der Waals surface area (Å²) < 4.78 is 2.76. The predicted octanol–water partition coefficient (Wildman–Crippen LogP) is 15.4. The van der Waals surface area contributed by atoms with E-state index >= 15 is 0 Å². The van der Waals surface area contributed by atoms with E-state index in [0.717, 1.165) is 0 Å². The van der Waals surface area contributed by atoms with E-state index in [9.17, 15) is 0 Å². The van der Waals surface area contributed by atoms with Crippen molar-refractivity contribution in [2.45, 2.75) is 79.1 Å². The van der Waals surface area contributed by atoms with Crippen LogP contribution in [0.15, 0.2) is 145 Å². The van der Waals surface area contributed by atoms with Crippen LogP contribution < -0.4 is 15.8 Å². The summed E-state index contributed by atoms with van der Waals surface area (Å²) in [5.74, 6) is 0.530. The third-order valence-corrected chi connectivity index (χ3v) is 16.0. The van der Waals surface area contributed by atoms with Gasteiger partial charge in [-0.05, 0) is 123 Å². The topological polar surface area (TPSA) is 8.17 Å².